The van der Waals surface area contributed by atoms with Crippen molar-refractivity contribution in [3.63, 3.8) is 0 Å². The van der Waals surface area contributed by atoms with Gasteiger partial charge in [0.15, 0.2) is 0 Å². The van der Waals surface area contributed by atoms with Crippen LogP contribution in [0.4, 0.5) is 0 Å². The van der Waals surface area contributed by atoms with E-state index in [4.69, 9.17) is 13.9 Å². The van der Waals surface area contributed by atoms with Gasteiger partial charge in [0.25, 0.3) is 0 Å². The van der Waals surface area contributed by atoms with Gasteiger partial charge in [0.1, 0.15) is 16.9 Å². The lowest BCUT2D eigenvalue weighted by Gasteiger charge is -2.07. The zero-order valence-electron chi connectivity index (χ0n) is 17.9. The van der Waals surface area contributed by atoms with Crippen LogP contribution in [0.3, 0.4) is 0 Å². The molecule has 0 aliphatic heterocycles. The van der Waals surface area contributed by atoms with Crippen LogP contribution in [-0.4, -0.2) is 18.5 Å². The molecule has 3 rings (SSSR count). The number of ether oxygens (including phenoxy) is 2. The number of carbonyl (C=O) groups excluding carboxylic acids is 2. The highest BCUT2D eigenvalue weighted by Crippen LogP contribution is 2.37. The molecule has 1 heterocycles. The number of carbonyl (C=O) groups is 2. The highest BCUT2D eigenvalue weighted by Gasteiger charge is 2.17. The third-order valence-corrected chi connectivity index (χ3v) is 5.09. The first-order valence-corrected chi connectivity index (χ1v) is 9.85. The van der Waals surface area contributed by atoms with E-state index < -0.39 is 5.97 Å². The van der Waals surface area contributed by atoms with E-state index in [0.717, 1.165) is 39.5 Å². The fourth-order valence-corrected chi connectivity index (χ4v) is 3.31. The predicted octanol–water partition coefficient (Wildman–Crippen LogP) is 5.74. The summed E-state index contributed by atoms with van der Waals surface area (Å²) in [6, 6.07) is 7.82. The molecule has 0 bridgehead atoms. The maximum Gasteiger partial charge on any atom is 0.338 e. The minimum atomic E-state index is -0.459. The van der Waals surface area contributed by atoms with Crippen molar-refractivity contribution in [2.45, 2.75) is 40.5 Å². The maximum absolute atomic E-state index is 11.9. The van der Waals surface area contributed by atoms with Gasteiger partial charge in [-0.25, -0.2) is 9.59 Å². The molecule has 0 saturated heterocycles. The molecule has 0 unspecified atom stereocenters. The minimum Gasteiger partial charge on any atom is -0.462 e. The quantitative estimate of drug-likeness (QED) is 0.217. The van der Waals surface area contributed by atoms with Crippen LogP contribution in [0.5, 0.6) is 5.75 Å². The summed E-state index contributed by atoms with van der Waals surface area (Å²) in [6.45, 7) is 14.7. The van der Waals surface area contributed by atoms with Gasteiger partial charge in [0.2, 0.25) is 0 Å². The van der Waals surface area contributed by atoms with E-state index in [2.05, 4.69) is 19.2 Å². The Labute approximate surface area is 176 Å². The smallest absolute Gasteiger partial charge is 0.338 e. The molecule has 1 aromatic heterocycles. The third-order valence-electron chi connectivity index (χ3n) is 5.09. The van der Waals surface area contributed by atoms with E-state index in [1.807, 2.05) is 26.0 Å². The van der Waals surface area contributed by atoms with Gasteiger partial charge in [0, 0.05) is 27.5 Å². The van der Waals surface area contributed by atoms with E-state index >= 15 is 0 Å². The van der Waals surface area contributed by atoms with Crippen molar-refractivity contribution in [3.05, 3.63) is 65.3 Å². The molecule has 30 heavy (non-hydrogen) atoms. The Morgan fingerprint density at radius 3 is 2.13 bits per heavy atom. The highest BCUT2D eigenvalue weighted by molar-refractivity contribution is 6.07. The molecule has 0 atom stereocenters. The van der Waals surface area contributed by atoms with E-state index in [1.165, 1.54) is 0 Å². The van der Waals surface area contributed by atoms with E-state index in [0.29, 0.717) is 35.5 Å². The molecule has 5 heteroatoms. The van der Waals surface area contributed by atoms with Crippen LogP contribution in [0, 0.1) is 13.8 Å². The van der Waals surface area contributed by atoms with Gasteiger partial charge in [-0.05, 0) is 63.8 Å². The standard InChI is InChI=1S/C25H26O5/c1-14(2)24(26)28-13-7-8-18-9-10-19-20-11-12-21(29-25(27)15(3)4)17(6)23(20)30-22(19)16(18)5/h9-12H,1,3,7-8,13H2,2,4-6H3. The second kappa shape index (κ2) is 8.57. The number of benzene rings is 2. The highest BCUT2D eigenvalue weighted by atomic mass is 16.5. The van der Waals surface area contributed by atoms with Crippen LogP contribution >= 0.6 is 0 Å². The van der Waals surface area contributed by atoms with Gasteiger partial charge in [-0.1, -0.05) is 25.3 Å². The Kier molecular flexibility index (Phi) is 6.11. The number of furan rings is 1. The van der Waals surface area contributed by atoms with Crippen LogP contribution in [-0.2, 0) is 20.7 Å². The molecule has 0 spiro atoms. The molecule has 0 fully saturated rings. The largest absolute Gasteiger partial charge is 0.462 e. The molecule has 5 nitrogen and oxygen atoms in total. The van der Waals surface area contributed by atoms with Crippen molar-refractivity contribution in [2.24, 2.45) is 0 Å². The average Bonchev–Trinajstić information content (AvgIpc) is 3.08. The summed E-state index contributed by atoms with van der Waals surface area (Å²) < 4.78 is 16.8. The first kappa shape index (κ1) is 21.4. The molecular formula is C25H26O5. The summed E-state index contributed by atoms with van der Waals surface area (Å²) >= 11 is 0. The Bertz CT molecular complexity index is 1180. The van der Waals surface area contributed by atoms with Crippen LogP contribution < -0.4 is 4.74 Å². The molecule has 0 aliphatic rings. The van der Waals surface area contributed by atoms with Crippen LogP contribution in [0.25, 0.3) is 21.9 Å². The molecule has 0 radical (unpaired) electrons. The molecule has 0 saturated carbocycles. The molecule has 0 N–H and O–H groups in total. The SMILES string of the molecule is C=C(C)C(=O)OCCCc1ccc2c(oc3c(C)c(OC(=O)C(=C)C)ccc32)c1C. The Morgan fingerprint density at radius 2 is 1.50 bits per heavy atom. The topological polar surface area (TPSA) is 65.7 Å². The van der Waals surface area contributed by atoms with Gasteiger partial charge >= 0.3 is 11.9 Å². The van der Waals surface area contributed by atoms with Crippen LogP contribution in [0.1, 0.15) is 37.0 Å². The second-order valence-electron chi connectivity index (χ2n) is 7.58. The second-order valence-corrected chi connectivity index (χ2v) is 7.58. The Balaban J connectivity index is 1.87. The normalized spacial score (nSPS) is 10.9. The molecule has 156 valence electrons. The van der Waals surface area contributed by atoms with Crippen molar-refractivity contribution in [2.75, 3.05) is 6.61 Å². The summed E-state index contributed by atoms with van der Waals surface area (Å²) in [5.41, 5.74) is 5.22. The lowest BCUT2D eigenvalue weighted by atomic mass is 10.0. The molecule has 3 aromatic rings. The van der Waals surface area contributed by atoms with Gasteiger partial charge < -0.3 is 13.9 Å². The number of hydrogen-bond acceptors (Lipinski definition) is 5. The summed E-state index contributed by atoms with van der Waals surface area (Å²) in [6.07, 6.45) is 1.48. The number of fused-ring (bicyclic) bond motifs is 3. The van der Waals surface area contributed by atoms with Crippen LogP contribution in [0.2, 0.25) is 0 Å². The summed E-state index contributed by atoms with van der Waals surface area (Å²) in [5, 5.41) is 1.99. The summed E-state index contributed by atoms with van der Waals surface area (Å²) in [4.78, 5) is 23.4. The molecular weight excluding hydrogens is 380 g/mol. The first-order valence-electron chi connectivity index (χ1n) is 9.85. The zero-order valence-corrected chi connectivity index (χ0v) is 17.9. The Hall–Kier alpha value is -3.34. The molecule has 2 aromatic carbocycles. The first-order chi connectivity index (χ1) is 14.2. The number of hydrogen-bond donors (Lipinski definition) is 0. The van der Waals surface area contributed by atoms with Crippen molar-refractivity contribution in [3.8, 4) is 5.75 Å². The van der Waals surface area contributed by atoms with Crippen molar-refractivity contribution in [1.29, 1.82) is 0 Å². The van der Waals surface area contributed by atoms with Crippen molar-refractivity contribution in [1.82, 2.24) is 0 Å². The summed E-state index contributed by atoms with van der Waals surface area (Å²) in [7, 11) is 0. The van der Waals surface area contributed by atoms with Gasteiger partial charge in [-0.15, -0.1) is 0 Å². The monoisotopic (exact) mass is 406 g/mol. The van der Waals surface area contributed by atoms with Gasteiger partial charge in [0.05, 0.1) is 6.61 Å². The Morgan fingerprint density at radius 1 is 0.900 bits per heavy atom. The molecule has 0 amide bonds. The van der Waals surface area contributed by atoms with Crippen molar-refractivity contribution < 1.29 is 23.5 Å². The minimum absolute atomic E-state index is 0.341. The van der Waals surface area contributed by atoms with Gasteiger partial charge in [-0.2, -0.15) is 0 Å². The predicted molar refractivity (Wildman–Crippen MR) is 118 cm³/mol. The summed E-state index contributed by atoms with van der Waals surface area (Å²) in [5.74, 6) is -0.357. The number of rotatable bonds is 7. The van der Waals surface area contributed by atoms with E-state index in [9.17, 15) is 9.59 Å². The number of esters is 2. The average molecular weight is 406 g/mol. The fraction of sp³-hybridized carbons (Fsp3) is 0.280. The maximum atomic E-state index is 11.9. The lowest BCUT2D eigenvalue weighted by molar-refractivity contribution is -0.139. The van der Waals surface area contributed by atoms with Gasteiger partial charge in [-0.3, -0.25) is 0 Å². The lowest BCUT2D eigenvalue weighted by Crippen LogP contribution is -2.08. The van der Waals surface area contributed by atoms with Crippen LogP contribution in [0.15, 0.2) is 53.0 Å². The zero-order chi connectivity index (χ0) is 22.0. The number of aryl methyl sites for hydroxylation is 3. The van der Waals surface area contributed by atoms with E-state index in [1.54, 1.807) is 19.9 Å². The van der Waals surface area contributed by atoms with E-state index in [-0.39, 0.29) is 5.97 Å². The van der Waals surface area contributed by atoms with Crippen molar-refractivity contribution >= 4 is 33.9 Å². The fourth-order valence-electron chi connectivity index (χ4n) is 3.31. The molecule has 0 aliphatic carbocycles. The third kappa shape index (κ3) is 4.15.